The van der Waals surface area contributed by atoms with Crippen molar-refractivity contribution in [3.63, 3.8) is 0 Å². The predicted molar refractivity (Wildman–Crippen MR) is 65.5 cm³/mol. The highest BCUT2D eigenvalue weighted by Crippen LogP contribution is 2.15. The molecule has 7 nitrogen and oxygen atoms in total. The molecule has 1 aromatic carbocycles. The molecule has 0 saturated heterocycles. The van der Waals surface area contributed by atoms with Gasteiger partial charge in [0, 0.05) is 5.56 Å². The van der Waals surface area contributed by atoms with Crippen molar-refractivity contribution in [3.05, 3.63) is 29.3 Å². The van der Waals surface area contributed by atoms with Crippen molar-refractivity contribution in [1.29, 1.82) is 0 Å². The number of aliphatic carboxylic acids is 1. The maximum Gasteiger partial charge on any atom is 0.326 e. The molecule has 0 unspecified atom stereocenters. The molecule has 7 heteroatoms. The Kier molecular flexibility index (Phi) is 4.46. The molecule has 5 N–H and O–H groups in total. The lowest BCUT2D eigenvalue weighted by Gasteiger charge is -2.14. The van der Waals surface area contributed by atoms with Crippen molar-refractivity contribution in [2.75, 3.05) is 0 Å². The molecule has 0 aliphatic heterocycles. The van der Waals surface area contributed by atoms with E-state index in [1.807, 2.05) is 0 Å². The zero-order valence-corrected chi connectivity index (χ0v) is 10.2. The Hall–Kier alpha value is -2.57. The maximum absolute atomic E-state index is 11.9. The summed E-state index contributed by atoms with van der Waals surface area (Å²) in [5.74, 6) is -2.81. The zero-order valence-electron chi connectivity index (χ0n) is 10.2. The van der Waals surface area contributed by atoms with Crippen LogP contribution in [0.4, 0.5) is 0 Å². The minimum absolute atomic E-state index is 0.000899. The van der Waals surface area contributed by atoms with Gasteiger partial charge in [0.05, 0.1) is 6.42 Å². The van der Waals surface area contributed by atoms with Gasteiger partial charge in [0.1, 0.15) is 11.8 Å². The Balaban J connectivity index is 2.87. The van der Waals surface area contributed by atoms with Gasteiger partial charge in [-0.15, -0.1) is 0 Å². The minimum atomic E-state index is -1.38. The number of amides is 2. The number of hydrogen-bond acceptors (Lipinski definition) is 4. The van der Waals surface area contributed by atoms with Gasteiger partial charge >= 0.3 is 5.97 Å². The van der Waals surface area contributed by atoms with Crippen LogP contribution in [0.1, 0.15) is 22.3 Å². The van der Waals surface area contributed by atoms with E-state index >= 15 is 0 Å². The van der Waals surface area contributed by atoms with Crippen LogP contribution in [0.5, 0.6) is 5.75 Å². The first-order valence-electron chi connectivity index (χ1n) is 5.43. The number of carboxylic acids is 1. The van der Waals surface area contributed by atoms with E-state index in [9.17, 15) is 19.5 Å². The van der Waals surface area contributed by atoms with Crippen LogP contribution in [0, 0.1) is 6.92 Å². The first-order chi connectivity index (χ1) is 8.81. The molecule has 0 fully saturated rings. The average Bonchev–Trinajstić information content (AvgIpc) is 2.26. The number of benzene rings is 1. The van der Waals surface area contributed by atoms with Gasteiger partial charge in [-0.05, 0) is 30.7 Å². The summed E-state index contributed by atoms with van der Waals surface area (Å²) in [7, 11) is 0. The fourth-order valence-electron chi connectivity index (χ4n) is 1.54. The molecule has 0 aliphatic carbocycles. The summed E-state index contributed by atoms with van der Waals surface area (Å²) in [6, 6.07) is 2.67. The molecule has 2 amide bonds. The molecule has 0 aliphatic rings. The molecule has 0 heterocycles. The summed E-state index contributed by atoms with van der Waals surface area (Å²) >= 11 is 0. The maximum atomic E-state index is 11.9. The third-order valence-corrected chi connectivity index (χ3v) is 2.46. The highest BCUT2D eigenvalue weighted by molar-refractivity contribution is 5.98. The number of aryl methyl sites for hydroxylation is 1. The van der Waals surface area contributed by atoms with Gasteiger partial charge in [-0.1, -0.05) is 0 Å². The van der Waals surface area contributed by atoms with E-state index in [0.29, 0.717) is 5.56 Å². The fraction of sp³-hybridized carbons (Fsp3) is 0.250. The summed E-state index contributed by atoms with van der Waals surface area (Å²) in [6.07, 6.45) is -0.488. The van der Waals surface area contributed by atoms with Crippen molar-refractivity contribution >= 4 is 17.8 Å². The van der Waals surface area contributed by atoms with E-state index in [-0.39, 0.29) is 11.3 Å². The Bertz CT molecular complexity index is 527. The molecular weight excluding hydrogens is 252 g/mol. The van der Waals surface area contributed by atoms with Crippen LogP contribution in [0.15, 0.2) is 18.2 Å². The van der Waals surface area contributed by atoms with E-state index in [0.717, 1.165) is 0 Å². The molecule has 0 radical (unpaired) electrons. The number of rotatable bonds is 5. The molecule has 0 spiro atoms. The second-order valence-corrected chi connectivity index (χ2v) is 4.03. The van der Waals surface area contributed by atoms with Crippen molar-refractivity contribution < 1.29 is 24.6 Å². The first-order valence-corrected chi connectivity index (χ1v) is 5.43. The topological polar surface area (TPSA) is 130 Å². The van der Waals surface area contributed by atoms with Crippen molar-refractivity contribution in [2.24, 2.45) is 5.73 Å². The molecule has 1 atom stereocenters. The van der Waals surface area contributed by atoms with E-state index < -0.39 is 30.2 Å². The summed E-state index contributed by atoms with van der Waals surface area (Å²) in [6.45, 7) is 1.60. The lowest BCUT2D eigenvalue weighted by Crippen LogP contribution is -2.43. The standard InChI is InChI=1S/C12H14N2O5/c1-6-4-7(15)2-3-8(6)11(17)14-9(12(18)19)5-10(13)16/h2-4,9,15H,5H2,1H3,(H2,13,16)(H,14,17)(H,18,19)/t9-/m1/s1. The van der Waals surface area contributed by atoms with Crippen LogP contribution in [-0.2, 0) is 9.59 Å². The number of hydrogen-bond donors (Lipinski definition) is 4. The molecule has 0 aromatic heterocycles. The van der Waals surface area contributed by atoms with Crippen LogP contribution in [0.3, 0.4) is 0 Å². The molecule has 0 saturated carbocycles. The second kappa shape index (κ2) is 5.85. The molecule has 102 valence electrons. The molecule has 1 aromatic rings. The average molecular weight is 266 g/mol. The number of phenols is 1. The van der Waals surface area contributed by atoms with Crippen LogP contribution < -0.4 is 11.1 Å². The smallest absolute Gasteiger partial charge is 0.326 e. The number of carboxylic acid groups (broad SMARTS) is 1. The number of carbonyl (C=O) groups is 3. The lowest BCUT2D eigenvalue weighted by molar-refractivity contribution is -0.140. The quantitative estimate of drug-likeness (QED) is 0.584. The SMILES string of the molecule is Cc1cc(O)ccc1C(=O)N[C@H](CC(N)=O)C(=O)O. The van der Waals surface area contributed by atoms with Crippen molar-refractivity contribution in [1.82, 2.24) is 5.32 Å². The van der Waals surface area contributed by atoms with Gasteiger partial charge < -0.3 is 21.3 Å². The summed E-state index contributed by atoms with van der Waals surface area (Å²) in [5.41, 5.74) is 5.61. The third kappa shape index (κ3) is 3.98. The number of aromatic hydroxyl groups is 1. The van der Waals surface area contributed by atoms with Crippen molar-refractivity contribution in [3.8, 4) is 5.75 Å². The Morgan fingerprint density at radius 1 is 1.37 bits per heavy atom. The van der Waals surface area contributed by atoms with Crippen LogP contribution in [0.25, 0.3) is 0 Å². The summed E-state index contributed by atoms with van der Waals surface area (Å²) < 4.78 is 0. The Morgan fingerprint density at radius 2 is 2.00 bits per heavy atom. The normalized spacial score (nSPS) is 11.6. The number of phenolic OH excluding ortho intramolecular Hbond substituents is 1. The number of nitrogens with two attached hydrogens (primary N) is 1. The van der Waals surface area contributed by atoms with Crippen LogP contribution in [0.2, 0.25) is 0 Å². The Morgan fingerprint density at radius 3 is 2.47 bits per heavy atom. The van der Waals surface area contributed by atoms with Gasteiger partial charge in [0.25, 0.3) is 5.91 Å². The van der Waals surface area contributed by atoms with Crippen LogP contribution >= 0.6 is 0 Å². The molecular formula is C12H14N2O5. The Labute approximate surface area is 109 Å². The minimum Gasteiger partial charge on any atom is -0.508 e. The number of primary amides is 1. The monoisotopic (exact) mass is 266 g/mol. The molecule has 0 bridgehead atoms. The summed E-state index contributed by atoms with van der Waals surface area (Å²) in [5, 5.41) is 20.3. The molecule has 19 heavy (non-hydrogen) atoms. The highest BCUT2D eigenvalue weighted by atomic mass is 16.4. The highest BCUT2D eigenvalue weighted by Gasteiger charge is 2.23. The van der Waals surface area contributed by atoms with Gasteiger partial charge in [0.15, 0.2) is 0 Å². The zero-order chi connectivity index (χ0) is 14.6. The molecule has 1 rings (SSSR count). The second-order valence-electron chi connectivity index (χ2n) is 4.03. The summed E-state index contributed by atoms with van der Waals surface area (Å²) in [4.78, 5) is 33.5. The van der Waals surface area contributed by atoms with Crippen molar-refractivity contribution in [2.45, 2.75) is 19.4 Å². The fourth-order valence-corrected chi connectivity index (χ4v) is 1.54. The van der Waals surface area contributed by atoms with Gasteiger partial charge in [-0.2, -0.15) is 0 Å². The van der Waals surface area contributed by atoms with E-state index in [4.69, 9.17) is 10.8 Å². The van der Waals surface area contributed by atoms with Crippen LogP contribution in [-0.4, -0.2) is 34.0 Å². The van der Waals surface area contributed by atoms with E-state index in [2.05, 4.69) is 5.32 Å². The third-order valence-electron chi connectivity index (χ3n) is 2.46. The lowest BCUT2D eigenvalue weighted by atomic mass is 10.1. The van der Waals surface area contributed by atoms with Gasteiger partial charge in [-0.3, -0.25) is 9.59 Å². The predicted octanol–water partition coefficient (Wildman–Crippen LogP) is -0.241. The van der Waals surface area contributed by atoms with Gasteiger partial charge in [-0.25, -0.2) is 4.79 Å². The largest absolute Gasteiger partial charge is 0.508 e. The first kappa shape index (κ1) is 14.5. The van der Waals surface area contributed by atoms with E-state index in [1.54, 1.807) is 6.92 Å². The number of carbonyl (C=O) groups excluding carboxylic acids is 2. The van der Waals surface area contributed by atoms with E-state index in [1.165, 1.54) is 18.2 Å². The van der Waals surface area contributed by atoms with Gasteiger partial charge in [0.2, 0.25) is 5.91 Å². The number of nitrogens with one attached hydrogen (secondary N) is 1.